The van der Waals surface area contributed by atoms with E-state index in [0.717, 1.165) is 82.1 Å². The summed E-state index contributed by atoms with van der Waals surface area (Å²) in [6, 6.07) is 20.2. The first kappa shape index (κ1) is 24.4. The zero-order valence-corrected chi connectivity index (χ0v) is 21.3. The molecule has 0 radical (unpaired) electrons. The molecule has 6 nitrogen and oxygen atoms in total. The third-order valence-corrected chi connectivity index (χ3v) is 7.20. The zero-order valence-electron chi connectivity index (χ0n) is 19.7. The van der Waals surface area contributed by atoms with Crippen LogP contribution in [0.4, 0.5) is 21.9 Å². The monoisotopic (exact) mass is 519 g/mol. The van der Waals surface area contributed by atoms with Crippen molar-refractivity contribution in [1.82, 2.24) is 10.3 Å². The molecule has 2 aliphatic heterocycles. The lowest BCUT2D eigenvalue weighted by molar-refractivity contribution is 0.257. The summed E-state index contributed by atoms with van der Waals surface area (Å²) < 4.78 is 0. The van der Waals surface area contributed by atoms with E-state index < -0.39 is 0 Å². The first-order valence-corrected chi connectivity index (χ1v) is 12.4. The Labute approximate surface area is 221 Å². The van der Waals surface area contributed by atoms with Gasteiger partial charge in [0.2, 0.25) is 0 Å². The molecule has 3 aromatic carbocycles. The summed E-state index contributed by atoms with van der Waals surface area (Å²) in [6.07, 6.45) is 4.39. The molecule has 8 heteroatoms. The fraction of sp³-hybridized carbons (Fsp3) is 0.214. The van der Waals surface area contributed by atoms with Gasteiger partial charge in [0, 0.05) is 50.5 Å². The number of benzene rings is 3. The summed E-state index contributed by atoms with van der Waals surface area (Å²) >= 11 is 6.64. The highest BCUT2D eigenvalue weighted by molar-refractivity contribution is 6.33. The topological polar surface area (TPSA) is 60.5 Å². The molecule has 184 valence electrons. The van der Waals surface area contributed by atoms with Gasteiger partial charge < -0.3 is 15.5 Å². The summed E-state index contributed by atoms with van der Waals surface area (Å²) in [5, 5.41) is 9.41. The lowest BCUT2D eigenvalue weighted by Crippen LogP contribution is -2.43. The lowest BCUT2D eigenvalue weighted by atomic mass is 9.98. The molecular weight excluding hydrogens is 493 g/mol. The third-order valence-electron chi connectivity index (χ3n) is 6.90. The zero-order chi connectivity index (χ0) is 23.8. The molecule has 1 aromatic heterocycles. The maximum Gasteiger partial charge on any atom is 0.326 e. The maximum atomic E-state index is 13.5. The molecular formula is C28H27Cl2N5O. The Morgan fingerprint density at radius 1 is 0.917 bits per heavy atom. The Bertz CT molecular complexity index is 1410. The number of piperazine rings is 1. The van der Waals surface area contributed by atoms with Crippen LogP contribution in [0.3, 0.4) is 0 Å². The number of rotatable bonds is 3. The number of hydrogen-bond acceptors (Lipinski definition) is 4. The van der Waals surface area contributed by atoms with Gasteiger partial charge in [0.25, 0.3) is 0 Å². The van der Waals surface area contributed by atoms with E-state index in [2.05, 4.69) is 44.8 Å². The molecule has 3 heterocycles. The molecule has 0 spiro atoms. The number of carbonyl (C=O) groups excluding carboxylic acids is 1. The van der Waals surface area contributed by atoms with Crippen LogP contribution in [-0.2, 0) is 6.42 Å². The molecule has 0 saturated carbocycles. The number of urea groups is 1. The van der Waals surface area contributed by atoms with Gasteiger partial charge in [-0.3, -0.25) is 9.88 Å². The van der Waals surface area contributed by atoms with E-state index in [1.165, 1.54) is 0 Å². The molecule has 6 rings (SSSR count). The normalized spacial score (nSPS) is 14.9. The average molecular weight is 520 g/mol. The van der Waals surface area contributed by atoms with E-state index >= 15 is 0 Å². The smallest absolute Gasteiger partial charge is 0.326 e. The number of carbonyl (C=O) groups is 1. The molecule has 0 atom stereocenters. The highest BCUT2D eigenvalue weighted by Crippen LogP contribution is 2.38. The molecule has 0 bridgehead atoms. The second kappa shape index (κ2) is 10.3. The molecule has 2 aliphatic rings. The van der Waals surface area contributed by atoms with Crippen molar-refractivity contribution in [3.8, 4) is 11.1 Å². The van der Waals surface area contributed by atoms with Crippen LogP contribution >= 0.6 is 24.0 Å². The number of fused-ring (bicyclic) bond motifs is 2. The largest absolute Gasteiger partial charge is 0.368 e. The predicted octanol–water partition coefficient (Wildman–Crippen LogP) is 5.98. The number of pyridine rings is 1. The van der Waals surface area contributed by atoms with Crippen LogP contribution < -0.4 is 20.4 Å². The lowest BCUT2D eigenvalue weighted by Gasteiger charge is -2.31. The highest BCUT2D eigenvalue weighted by Gasteiger charge is 2.28. The highest BCUT2D eigenvalue weighted by atomic mass is 35.5. The molecule has 0 unspecified atom stereocenters. The van der Waals surface area contributed by atoms with E-state index in [-0.39, 0.29) is 18.4 Å². The number of amides is 2. The van der Waals surface area contributed by atoms with Crippen molar-refractivity contribution in [2.75, 3.05) is 47.8 Å². The van der Waals surface area contributed by atoms with Crippen molar-refractivity contribution in [2.45, 2.75) is 6.42 Å². The summed E-state index contributed by atoms with van der Waals surface area (Å²) in [6.45, 7) is 4.30. The van der Waals surface area contributed by atoms with E-state index in [0.29, 0.717) is 6.54 Å². The maximum absolute atomic E-state index is 13.5. The van der Waals surface area contributed by atoms with E-state index in [4.69, 9.17) is 11.6 Å². The molecule has 2 amide bonds. The Balaban J connectivity index is 0.00000267. The van der Waals surface area contributed by atoms with E-state index in [1.807, 2.05) is 41.3 Å². The van der Waals surface area contributed by atoms with Crippen LogP contribution in [0.1, 0.15) is 5.56 Å². The summed E-state index contributed by atoms with van der Waals surface area (Å²) in [5.41, 5.74) is 6.06. The fourth-order valence-electron chi connectivity index (χ4n) is 5.14. The number of aromatic nitrogens is 1. The van der Waals surface area contributed by atoms with Gasteiger partial charge in [-0.25, -0.2) is 4.79 Å². The predicted molar refractivity (Wildman–Crippen MR) is 151 cm³/mol. The molecule has 36 heavy (non-hydrogen) atoms. The second-order valence-electron chi connectivity index (χ2n) is 8.94. The van der Waals surface area contributed by atoms with Crippen LogP contribution in [0.5, 0.6) is 0 Å². The summed E-state index contributed by atoms with van der Waals surface area (Å²) in [5.74, 6) is 0. The molecule has 4 aromatic rings. The number of nitrogens with zero attached hydrogens (tertiary/aromatic N) is 3. The van der Waals surface area contributed by atoms with Crippen molar-refractivity contribution in [2.24, 2.45) is 0 Å². The molecule has 1 fully saturated rings. The standard InChI is InChI=1S/C28H26ClN5O.ClH/c29-24-17-20-9-14-34(26(20)18-27(24)33-15-12-31-13-16-33)28(35)32-25-6-2-4-22-21(3-1-5-23(22)25)19-7-10-30-11-8-19;/h1-8,10-11,17-18,31H,9,12-16H2,(H,32,35);1H. The molecule has 0 aliphatic carbocycles. The van der Waals surface area contributed by atoms with E-state index in [1.54, 1.807) is 12.4 Å². The van der Waals surface area contributed by atoms with Crippen LogP contribution in [0, 0.1) is 0 Å². The minimum Gasteiger partial charge on any atom is -0.368 e. The van der Waals surface area contributed by atoms with Crippen molar-refractivity contribution >= 4 is 57.9 Å². The number of nitrogens with one attached hydrogen (secondary N) is 2. The number of hydrogen-bond donors (Lipinski definition) is 2. The summed E-state index contributed by atoms with van der Waals surface area (Å²) in [4.78, 5) is 21.8. The Hall–Kier alpha value is -3.32. The van der Waals surface area contributed by atoms with Gasteiger partial charge in [-0.15, -0.1) is 12.4 Å². The fourth-order valence-corrected chi connectivity index (χ4v) is 5.45. The second-order valence-corrected chi connectivity index (χ2v) is 9.35. The van der Waals surface area contributed by atoms with E-state index in [9.17, 15) is 4.79 Å². The third kappa shape index (κ3) is 4.48. The Morgan fingerprint density at radius 3 is 2.47 bits per heavy atom. The SMILES string of the molecule is Cl.O=C(Nc1cccc2c(-c3ccncc3)cccc12)N1CCc2cc(Cl)c(N3CCNCC3)cc21. The Morgan fingerprint density at radius 2 is 1.67 bits per heavy atom. The molecule has 2 N–H and O–H groups in total. The van der Waals surface area contributed by atoms with Gasteiger partial charge in [-0.1, -0.05) is 41.9 Å². The van der Waals surface area contributed by atoms with Crippen LogP contribution in [0.2, 0.25) is 5.02 Å². The number of halogens is 2. The van der Waals surface area contributed by atoms with Gasteiger partial charge in [0.05, 0.1) is 22.1 Å². The van der Waals surface area contributed by atoms with Crippen LogP contribution in [0.15, 0.2) is 73.1 Å². The van der Waals surface area contributed by atoms with Gasteiger partial charge in [0.1, 0.15) is 0 Å². The van der Waals surface area contributed by atoms with Crippen molar-refractivity contribution in [1.29, 1.82) is 0 Å². The Kier molecular flexibility index (Phi) is 7.01. The van der Waals surface area contributed by atoms with Crippen LogP contribution in [-0.4, -0.2) is 43.7 Å². The summed E-state index contributed by atoms with van der Waals surface area (Å²) in [7, 11) is 0. The van der Waals surface area contributed by atoms with Crippen LogP contribution in [0.25, 0.3) is 21.9 Å². The minimum atomic E-state index is -0.126. The van der Waals surface area contributed by atoms with Gasteiger partial charge >= 0.3 is 6.03 Å². The van der Waals surface area contributed by atoms with Crippen molar-refractivity contribution in [3.63, 3.8) is 0 Å². The van der Waals surface area contributed by atoms with Gasteiger partial charge in [-0.2, -0.15) is 0 Å². The molecule has 1 saturated heterocycles. The first-order chi connectivity index (χ1) is 17.2. The van der Waals surface area contributed by atoms with Crippen molar-refractivity contribution < 1.29 is 4.79 Å². The minimum absolute atomic E-state index is 0. The first-order valence-electron chi connectivity index (χ1n) is 12.0. The van der Waals surface area contributed by atoms with Crippen molar-refractivity contribution in [3.05, 3.63) is 83.6 Å². The quantitative estimate of drug-likeness (QED) is 0.349. The number of anilines is 3. The van der Waals surface area contributed by atoms with Gasteiger partial charge in [0.15, 0.2) is 0 Å². The average Bonchev–Trinajstić information content (AvgIpc) is 3.32. The van der Waals surface area contributed by atoms with Gasteiger partial charge in [-0.05, 0) is 58.8 Å².